The van der Waals surface area contributed by atoms with Crippen LogP contribution in [0.4, 0.5) is 0 Å². The fourth-order valence-corrected chi connectivity index (χ4v) is 1.60. The number of nitrogens with two attached hydrogens (primary N) is 1. The Balaban J connectivity index is 2.91. The highest BCUT2D eigenvalue weighted by atomic mass is 16.4. The predicted molar refractivity (Wildman–Crippen MR) is 59.2 cm³/mol. The van der Waals surface area contributed by atoms with E-state index in [1.54, 1.807) is 0 Å². The van der Waals surface area contributed by atoms with Crippen LogP contribution in [0, 0.1) is 20.8 Å². The number of nitrogens with zero attached hydrogens (tertiary/aromatic N) is 3. The number of aromatic nitrogens is 2. The molecule has 0 saturated heterocycles. The van der Waals surface area contributed by atoms with Crippen molar-refractivity contribution in [1.82, 2.24) is 9.78 Å². The van der Waals surface area contributed by atoms with Crippen molar-refractivity contribution in [2.24, 2.45) is 10.9 Å². The molecule has 5 nitrogen and oxygen atoms in total. The summed E-state index contributed by atoms with van der Waals surface area (Å²) in [5, 5.41) is 15.9. The van der Waals surface area contributed by atoms with E-state index in [4.69, 9.17) is 10.9 Å². The van der Waals surface area contributed by atoms with Gasteiger partial charge in [-0.15, -0.1) is 0 Å². The van der Waals surface area contributed by atoms with Gasteiger partial charge < -0.3 is 10.9 Å². The first-order valence-corrected chi connectivity index (χ1v) is 4.96. The second kappa shape index (κ2) is 4.33. The highest BCUT2D eigenvalue weighted by Crippen LogP contribution is 2.18. The van der Waals surface area contributed by atoms with Gasteiger partial charge in [-0.1, -0.05) is 5.16 Å². The Labute approximate surface area is 89.6 Å². The van der Waals surface area contributed by atoms with Gasteiger partial charge in [0.15, 0.2) is 0 Å². The van der Waals surface area contributed by atoms with Crippen LogP contribution in [-0.2, 0) is 0 Å². The lowest BCUT2D eigenvalue weighted by atomic mass is 10.2. The van der Waals surface area contributed by atoms with Crippen LogP contribution in [0.2, 0.25) is 0 Å². The van der Waals surface area contributed by atoms with E-state index >= 15 is 0 Å². The van der Waals surface area contributed by atoms with Crippen molar-refractivity contribution < 1.29 is 5.21 Å². The maximum Gasteiger partial charge on any atom is 0.141 e. The highest BCUT2D eigenvalue weighted by Gasteiger charge is 2.14. The minimum Gasteiger partial charge on any atom is -0.409 e. The molecule has 0 amide bonds. The molecule has 1 heterocycles. The van der Waals surface area contributed by atoms with Crippen LogP contribution in [0.3, 0.4) is 0 Å². The molecule has 0 aromatic carbocycles. The minimum absolute atomic E-state index is 0.105. The maximum atomic E-state index is 8.49. The molecule has 1 rings (SSSR count). The van der Waals surface area contributed by atoms with Crippen LogP contribution < -0.4 is 5.73 Å². The molecule has 84 valence electrons. The average molecular weight is 210 g/mol. The highest BCUT2D eigenvalue weighted by molar-refractivity contribution is 5.79. The van der Waals surface area contributed by atoms with E-state index in [1.807, 2.05) is 32.4 Å². The van der Waals surface area contributed by atoms with Crippen molar-refractivity contribution in [3.63, 3.8) is 0 Å². The van der Waals surface area contributed by atoms with Gasteiger partial charge in [-0.25, -0.2) is 0 Å². The smallest absolute Gasteiger partial charge is 0.141 e. The third kappa shape index (κ3) is 2.29. The predicted octanol–water partition coefficient (Wildman–Crippen LogP) is 1.51. The van der Waals surface area contributed by atoms with E-state index in [0.29, 0.717) is 6.42 Å². The summed E-state index contributed by atoms with van der Waals surface area (Å²) in [6, 6.07) is 0.105. The summed E-state index contributed by atoms with van der Waals surface area (Å²) >= 11 is 0. The third-order valence-electron chi connectivity index (χ3n) is 2.74. The first-order chi connectivity index (χ1) is 6.97. The largest absolute Gasteiger partial charge is 0.409 e. The van der Waals surface area contributed by atoms with Gasteiger partial charge in [0.2, 0.25) is 0 Å². The topological polar surface area (TPSA) is 76.4 Å². The molecule has 0 aliphatic carbocycles. The van der Waals surface area contributed by atoms with Crippen LogP contribution in [0.5, 0.6) is 0 Å². The Hall–Kier alpha value is -1.52. The van der Waals surface area contributed by atoms with Crippen LogP contribution in [0.1, 0.15) is 36.3 Å². The summed E-state index contributed by atoms with van der Waals surface area (Å²) in [4.78, 5) is 0. The molecule has 0 saturated carbocycles. The van der Waals surface area contributed by atoms with E-state index < -0.39 is 0 Å². The summed E-state index contributed by atoms with van der Waals surface area (Å²) in [6.45, 7) is 8.05. The van der Waals surface area contributed by atoms with Crippen molar-refractivity contribution in [1.29, 1.82) is 0 Å². The van der Waals surface area contributed by atoms with E-state index in [9.17, 15) is 0 Å². The van der Waals surface area contributed by atoms with Crippen LogP contribution in [-0.4, -0.2) is 20.8 Å². The zero-order valence-electron chi connectivity index (χ0n) is 9.65. The Morgan fingerprint density at radius 2 is 2.13 bits per heavy atom. The lowest BCUT2D eigenvalue weighted by Crippen LogP contribution is -2.19. The number of amidine groups is 1. The van der Waals surface area contributed by atoms with Crippen molar-refractivity contribution in [2.45, 2.75) is 40.2 Å². The lowest BCUT2D eigenvalue weighted by molar-refractivity contribution is 0.315. The number of hydrogen-bond donors (Lipinski definition) is 2. The lowest BCUT2D eigenvalue weighted by Gasteiger charge is -2.13. The zero-order chi connectivity index (χ0) is 11.6. The Kier molecular flexibility index (Phi) is 3.34. The van der Waals surface area contributed by atoms with Crippen LogP contribution in [0.25, 0.3) is 0 Å². The maximum absolute atomic E-state index is 8.49. The molecular weight excluding hydrogens is 192 g/mol. The van der Waals surface area contributed by atoms with Crippen molar-refractivity contribution in [3.05, 3.63) is 17.0 Å². The number of oxime groups is 1. The van der Waals surface area contributed by atoms with E-state index in [1.165, 1.54) is 5.56 Å². The van der Waals surface area contributed by atoms with E-state index in [0.717, 1.165) is 11.4 Å². The standard InChI is InChI=1S/C10H18N4O/c1-6(5-10(11)13-15)14-9(4)7(2)8(3)12-14/h6,15H,5H2,1-4H3,(H2,11,13). The normalized spacial score (nSPS) is 14.3. The monoisotopic (exact) mass is 210 g/mol. The first kappa shape index (κ1) is 11.6. The molecule has 15 heavy (non-hydrogen) atoms. The molecule has 0 aliphatic heterocycles. The van der Waals surface area contributed by atoms with Gasteiger partial charge in [0.1, 0.15) is 5.84 Å². The minimum atomic E-state index is 0.105. The molecule has 0 aliphatic rings. The zero-order valence-corrected chi connectivity index (χ0v) is 9.65. The average Bonchev–Trinajstić information content (AvgIpc) is 2.45. The number of rotatable bonds is 3. The fourth-order valence-electron chi connectivity index (χ4n) is 1.60. The molecule has 1 atom stereocenters. The second-order valence-corrected chi connectivity index (χ2v) is 3.88. The molecule has 0 bridgehead atoms. The Bertz CT molecular complexity index is 381. The molecule has 0 spiro atoms. The van der Waals surface area contributed by atoms with Gasteiger partial charge in [0.25, 0.3) is 0 Å². The van der Waals surface area contributed by atoms with Crippen LogP contribution in [0.15, 0.2) is 5.16 Å². The molecular formula is C10H18N4O. The van der Waals surface area contributed by atoms with Crippen LogP contribution >= 0.6 is 0 Å². The Morgan fingerprint density at radius 3 is 2.53 bits per heavy atom. The third-order valence-corrected chi connectivity index (χ3v) is 2.74. The molecule has 3 N–H and O–H groups in total. The Morgan fingerprint density at radius 1 is 1.53 bits per heavy atom. The van der Waals surface area contributed by atoms with Crippen molar-refractivity contribution >= 4 is 5.84 Å². The van der Waals surface area contributed by atoms with E-state index in [-0.39, 0.29) is 11.9 Å². The molecule has 0 radical (unpaired) electrons. The number of aryl methyl sites for hydroxylation is 1. The van der Waals surface area contributed by atoms with Gasteiger partial charge in [-0.3, -0.25) is 4.68 Å². The molecule has 1 unspecified atom stereocenters. The van der Waals surface area contributed by atoms with Crippen molar-refractivity contribution in [2.75, 3.05) is 0 Å². The SMILES string of the molecule is Cc1nn(C(C)CC(N)=NO)c(C)c1C. The summed E-state index contributed by atoms with van der Waals surface area (Å²) in [5.74, 6) is 0.229. The van der Waals surface area contributed by atoms with Gasteiger partial charge >= 0.3 is 0 Å². The number of hydrogen-bond acceptors (Lipinski definition) is 3. The molecule has 0 fully saturated rings. The summed E-state index contributed by atoms with van der Waals surface area (Å²) < 4.78 is 1.92. The second-order valence-electron chi connectivity index (χ2n) is 3.88. The van der Waals surface area contributed by atoms with Gasteiger partial charge in [0.05, 0.1) is 11.7 Å². The molecule has 1 aromatic heterocycles. The summed E-state index contributed by atoms with van der Waals surface area (Å²) in [5.41, 5.74) is 8.82. The van der Waals surface area contributed by atoms with E-state index in [2.05, 4.69) is 10.3 Å². The molecule has 1 aromatic rings. The van der Waals surface area contributed by atoms with Gasteiger partial charge in [-0.05, 0) is 33.3 Å². The van der Waals surface area contributed by atoms with Gasteiger partial charge in [-0.2, -0.15) is 5.10 Å². The summed E-state index contributed by atoms with van der Waals surface area (Å²) in [6.07, 6.45) is 0.498. The van der Waals surface area contributed by atoms with Gasteiger partial charge in [0, 0.05) is 12.1 Å². The fraction of sp³-hybridized carbons (Fsp3) is 0.600. The molecule has 5 heteroatoms. The summed E-state index contributed by atoms with van der Waals surface area (Å²) in [7, 11) is 0. The van der Waals surface area contributed by atoms with Crippen molar-refractivity contribution in [3.8, 4) is 0 Å². The first-order valence-electron chi connectivity index (χ1n) is 4.96. The quantitative estimate of drug-likeness (QED) is 0.343.